The van der Waals surface area contributed by atoms with E-state index in [0.29, 0.717) is 5.39 Å². The van der Waals surface area contributed by atoms with Gasteiger partial charge in [0.15, 0.2) is 0 Å². The average molecular weight is 270 g/mol. The van der Waals surface area contributed by atoms with Crippen molar-refractivity contribution in [2.24, 2.45) is 0 Å². The maximum atomic E-state index is 13.4. The van der Waals surface area contributed by atoms with Gasteiger partial charge in [-0.25, -0.2) is 14.1 Å². The second-order valence-corrected chi connectivity index (χ2v) is 4.48. The highest BCUT2D eigenvalue weighted by atomic mass is 19.1. The number of nitrogens with zero attached hydrogens (tertiary/aromatic N) is 4. The van der Waals surface area contributed by atoms with Gasteiger partial charge < -0.3 is 0 Å². The van der Waals surface area contributed by atoms with E-state index in [1.165, 1.54) is 34.3 Å². The zero-order valence-electron chi connectivity index (χ0n) is 10.7. The van der Waals surface area contributed by atoms with Gasteiger partial charge in [-0.3, -0.25) is 4.79 Å². The smallest absolute Gasteiger partial charge is 0.267 e. The number of allylic oxidation sites excluding steroid dienone is 1. The molecule has 100 valence electrons. The Morgan fingerprint density at radius 3 is 2.80 bits per heavy atom. The monoisotopic (exact) mass is 270 g/mol. The first-order valence-corrected chi connectivity index (χ1v) is 5.94. The third-order valence-electron chi connectivity index (χ3n) is 3.05. The molecule has 6 heteroatoms. The van der Waals surface area contributed by atoms with Gasteiger partial charge in [0.2, 0.25) is 0 Å². The minimum atomic E-state index is -0.460. The number of hydrogen-bond donors (Lipinski definition) is 0. The average Bonchev–Trinajstić information content (AvgIpc) is 2.93. The minimum absolute atomic E-state index is 0.279. The summed E-state index contributed by atoms with van der Waals surface area (Å²) >= 11 is 0. The number of pyridine rings is 1. The first-order chi connectivity index (χ1) is 9.58. The van der Waals surface area contributed by atoms with Crippen LogP contribution in [-0.2, 0) is 0 Å². The number of rotatable bonds is 2. The maximum absolute atomic E-state index is 13.4. The molecule has 1 aromatic carbocycles. The van der Waals surface area contributed by atoms with Crippen LogP contribution in [0.3, 0.4) is 0 Å². The molecule has 0 radical (unpaired) electrons. The lowest BCUT2D eigenvalue weighted by molar-refractivity contribution is 0.553. The first kappa shape index (κ1) is 12.3. The Hall–Kier alpha value is -2.76. The number of aromatic nitrogens is 4. The zero-order valence-corrected chi connectivity index (χ0v) is 10.7. The quantitative estimate of drug-likeness (QED) is 0.716. The lowest BCUT2D eigenvalue weighted by Gasteiger charge is -2.11. The topological polar surface area (TPSA) is 52.7 Å². The molecular weight excluding hydrogens is 259 g/mol. The van der Waals surface area contributed by atoms with Crippen molar-refractivity contribution in [1.82, 2.24) is 19.5 Å². The summed E-state index contributed by atoms with van der Waals surface area (Å²) in [4.78, 5) is 17.5. The van der Waals surface area contributed by atoms with Gasteiger partial charge in [-0.05, 0) is 30.0 Å². The lowest BCUT2D eigenvalue weighted by Crippen LogP contribution is -2.27. The number of halogens is 1. The van der Waals surface area contributed by atoms with Gasteiger partial charge in [-0.15, -0.1) is 5.10 Å². The van der Waals surface area contributed by atoms with Gasteiger partial charge in [-0.2, -0.15) is 4.79 Å². The minimum Gasteiger partial charge on any atom is -0.267 e. The highest BCUT2D eigenvalue weighted by molar-refractivity contribution is 5.92. The molecule has 3 rings (SSSR count). The van der Waals surface area contributed by atoms with Crippen molar-refractivity contribution in [1.29, 1.82) is 0 Å². The van der Waals surface area contributed by atoms with Crippen LogP contribution in [0.5, 0.6) is 0 Å². The summed E-state index contributed by atoms with van der Waals surface area (Å²) in [6, 6.07) is 4.13. The molecule has 20 heavy (non-hydrogen) atoms. The molecule has 0 aliphatic rings. The molecule has 0 amide bonds. The Kier molecular flexibility index (Phi) is 2.71. The van der Waals surface area contributed by atoms with E-state index in [-0.39, 0.29) is 10.9 Å². The Balaban J connectivity index is 2.47. The Morgan fingerprint density at radius 1 is 1.35 bits per heavy atom. The van der Waals surface area contributed by atoms with Crippen LogP contribution < -0.4 is 5.56 Å². The van der Waals surface area contributed by atoms with E-state index >= 15 is 0 Å². The van der Waals surface area contributed by atoms with Crippen molar-refractivity contribution in [2.45, 2.75) is 6.92 Å². The third kappa shape index (κ3) is 1.82. The van der Waals surface area contributed by atoms with E-state index < -0.39 is 5.82 Å². The van der Waals surface area contributed by atoms with Crippen LogP contribution in [0.25, 0.3) is 16.3 Å². The first-order valence-electron chi connectivity index (χ1n) is 5.94. The Labute approximate surface area is 113 Å². The van der Waals surface area contributed by atoms with Crippen LogP contribution in [0.2, 0.25) is 0 Å². The molecule has 0 saturated carbocycles. The van der Waals surface area contributed by atoms with Crippen molar-refractivity contribution < 1.29 is 4.39 Å². The molecular formula is C14H11FN4O. The zero-order chi connectivity index (χ0) is 14.3. The molecule has 5 nitrogen and oxygen atoms in total. The van der Waals surface area contributed by atoms with Gasteiger partial charge in [0.05, 0.1) is 5.39 Å². The molecule has 0 saturated heterocycles. The molecule has 2 aromatic heterocycles. The van der Waals surface area contributed by atoms with E-state index in [2.05, 4.69) is 16.7 Å². The Bertz CT molecular complexity index is 865. The standard InChI is InChI=1S/C14H11FN4O/c1-9(2)13-6-18(19-8-16-7-17-19)14(20)12-5-10(15)3-4-11(12)13/h3-8H,1H2,2H3. The molecule has 0 bridgehead atoms. The second-order valence-electron chi connectivity index (χ2n) is 4.48. The van der Waals surface area contributed by atoms with Gasteiger partial charge in [0, 0.05) is 11.8 Å². The van der Waals surface area contributed by atoms with Crippen molar-refractivity contribution in [3.05, 3.63) is 65.4 Å². The summed E-state index contributed by atoms with van der Waals surface area (Å²) in [5.41, 5.74) is 1.17. The van der Waals surface area contributed by atoms with Crippen LogP contribution in [0.1, 0.15) is 12.5 Å². The van der Waals surface area contributed by atoms with Gasteiger partial charge in [-0.1, -0.05) is 12.6 Å². The summed E-state index contributed by atoms with van der Waals surface area (Å²) in [5, 5.41) is 4.87. The van der Waals surface area contributed by atoms with Crippen molar-refractivity contribution in [3.8, 4) is 0 Å². The third-order valence-corrected chi connectivity index (χ3v) is 3.05. The molecule has 0 aliphatic heterocycles. The van der Waals surface area contributed by atoms with E-state index in [4.69, 9.17) is 0 Å². The van der Waals surface area contributed by atoms with Crippen LogP contribution in [0, 0.1) is 5.82 Å². The Morgan fingerprint density at radius 2 is 2.15 bits per heavy atom. The van der Waals surface area contributed by atoms with Gasteiger partial charge >= 0.3 is 0 Å². The highest BCUT2D eigenvalue weighted by Gasteiger charge is 2.11. The lowest BCUT2D eigenvalue weighted by atomic mass is 10.0. The molecule has 0 aliphatic carbocycles. The second kappa shape index (κ2) is 4.41. The summed E-state index contributed by atoms with van der Waals surface area (Å²) in [7, 11) is 0. The maximum Gasteiger partial charge on any atom is 0.278 e. The fraction of sp³-hybridized carbons (Fsp3) is 0.0714. The molecule has 0 unspecified atom stereocenters. The van der Waals surface area contributed by atoms with Crippen molar-refractivity contribution in [3.63, 3.8) is 0 Å². The predicted molar refractivity (Wildman–Crippen MR) is 73.7 cm³/mol. The largest absolute Gasteiger partial charge is 0.278 e. The van der Waals surface area contributed by atoms with Crippen molar-refractivity contribution in [2.75, 3.05) is 0 Å². The van der Waals surface area contributed by atoms with Crippen LogP contribution in [0.4, 0.5) is 4.39 Å². The summed E-state index contributed by atoms with van der Waals surface area (Å²) in [6.45, 7) is 5.72. The number of fused-ring (bicyclic) bond motifs is 1. The van der Waals surface area contributed by atoms with E-state index in [0.717, 1.165) is 11.1 Å². The predicted octanol–water partition coefficient (Wildman–Crippen LogP) is 2.08. The van der Waals surface area contributed by atoms with Crippen molar-refractivity contribution >= 4 is 16.3 Å². The van der Waals surface area contributed by atoms with Crippen LogP contribution in [-0.4, -0.2) is 19.5 Å². The van der Waals surface area contributed by atoms with E-state index in [1.807, 2.05) is 6.92 Å². The molecule has 2 heterocycles. The SMILES string of the molecule is C=C(C)c1cn(-n2cncn2)c(=O)c2cc(F)ccc12. The van der Waals surface area contributed by atoms with Crippen LogP contribution in [0.15, 0.2) is 48.4 Å². The molecule has 0 spiro atoms. The summed E-state index contributed by atoms with van der Waals surface area (Å²) in [6.07, 6.45) is 4.34. The molecule has 0 atom stereocenters. The number of benzene rings is 1. The fourth-order valence-corrected chi connectivity index (χ4v) is 2.11. The molecule has 0 N–H and O–H groups in total. The molecule has 3 aromatic rings. The van der Waals surface area contributed by atoms with Gasteiger partial charge in [0.25, 0.3) is 5.56 Å². The van der Waals surface area contributed by atoms with E-state index in [9.17, 15) is 9.18 Å². The highest BCUT2D eigenvalue weighted by Crippen LogP contribution is 2.22. The summed E-state index contributed by atoms with van der Waals surface area (Å²) in [5.74, 6) is -0.460. The fourth-order valence-electron chi connectivity index (χ4n) is 2.11. The van der Waals surface area contributed by atoms with E-state index in [1.54, 1.807) is 12.3 Å². The molecule has 0 fully saturated rings. The van der Waals surface area contributed by atoms with Crippen LogP contribution >= 0.6 is 0 Å². The normalized spacial score (nSPS) is 10.9. The summed E-state index contributed by atoms with van der Waals surface area (Å²) < 4.78 is 14.7. The van der Waals surface area contributed by atoms with Gasteiger partial charge in [0.1, 0.15) is 18.5 Å². The number of hydrogen-bond acceptors (Lipinski definition) is 3.